The molecular formula is C23H26F2N2. The number of aromatic nitrogens is 2. The molecule has 0 atom stereocenters. The first-order valence-electron chi connectivity index (χ1n) is 10.1. The lowest BCUT2D eigenvalue weighted by molar-refractivity contribution is 0.356. The summed E-state index contributed by atoms with van der Waals surface area (Å²) in [5.74, 6) is 0.158. The Bertz CT molecular complexity index is 871. The predicted octanol–water partition coefficient (Wildman–Crippen LogP) is 6.30. The Labute approximate surface area is 159 Å². The van der Waals surface area contributed by atoms with E-state index < -0.39 is 11.6 Å². The molecule has 0 spiro atoms. The summed E-state index contributed by atoms with van der Waals surface area (Å²) in [6.45, 7) is 0. The van der Waals surface area contributed by atoms with Crippen molar-refractivity contribution in [2.75, 3.05) is 0 Å². The lowest BCUT2D eigenvalue weighted by Gasteiger charge is -2.23. The Hall–Kier alpha value is -2.23. The second-order valence-electron chi connectivity index (χ2n) is 7.83. The van der Waals surface area contributed by atoms with E-state index in [9.17, 15) is 8.78 Å². The van der Waals surface area contributed by atoms with Crippen LogP contribution in [0.25, 0.3) is 5.52 Å². The number of nitrogens with zero attached hydrogens (tertiary/aromatic N) is 2. The van der Waals surface area contributed by atoms with Gasteiger partial charge in [0.05, 0.1) is 18.0 Å². The van der Waals surface area contributed by atoms with Crippen LogP contribution < -0.4 is 0 Å². The highest BCUT2D eigenvalue weighted by Gasteiger charge is 2.28. The van der Waals surface area contributed by atoms with Gasteiger partial charge in [-0.1, -0.05) is 44.2 Å². The molecule has 5 rings (SSSR count). The number of benzene rings is 1. The van der Waals surface area contributed by atoms with Gasteiger partial charge in [0, 0.05) is 6.20 Å². The molecule has 142 valence electrons. The van der Waals surface area contributed by atoms with Gasteiger partial charge in [0.2, 0.25) is 0 Å². The first-order chi connectivity index (χ1) is 13.2. The zero-order chi connectivity index (χ0) is 18.6. The van der Waals surface area contributed by atoms with Gasteiger partial charge >= 0.3 is 0 Å². The number of pyridine rings is 1. The second kappa shape index (κ2) is 8.20. The smallest absolute Gasteiger partial charge is 0.158 e. The molecule has 3 aromatic rings. The van der Waals surface area contributed by atoms with Crippen molar-refractivity contribution in [2.45, 2.75) is 57.3 Å². The Morgan fingerprint density at radius 1 is 0.926 bits per heavy atom. The highest BCUT2D eigenvalue weighted by atomic mass is 19.2. The van der Waals surface area contributed by atoms with Crippen LogP contribution in [0.4, 0.5) is 8.78 Å². The van der Waals surface area contributed by atoms with Gasteiger partial charge in [0.15, 0.2) is 11.6 Å². The van der Waals surface area contributed by atoms with E-state index in [0.717, 1.165) is 24.0 Å². The molecule has 2 saturated carbocycles. The summed E-state index contributed by atoms with van der Waals surface area (Å²) in [6, 6.07) is 7.39. The summed E-state index contributed by atoms with van der Waals surface area (Å²) in [7, 11) is 0. The SMILES string of the molecule is Fc1ccccc1F.c1cn2cncc2c(CC2CCCCC2)c1C1CC1. The molecule has 4 heteroatoms. The fourth-order valence-corrected chi connectivity index (χ4v) is 4.18. The van der Waals surface area contributed by atoms with Crippen LogP contribution in [0.2, 0.25) is 0 Å². The number of fused-ring (bicyclic) bond motifs is 1. The number of halogens is 2. The van der Waals surface area contributed by atoms with E-state index in [2.05, 4.69) is 27.8 Å². The number of hydrogen-bond donors (Lipinski definition) is 0. The second-order valence-corrected chi connectivity index (χ2v) is 7.83. The molecule has 2 aliphatic rings. The third kappa shape index (κ3) is 4.37. The minimum Gasteiger partial charge on any atom is -0.306 e. The van der Waals surface area contributed by atoms with Gasteiger partial charge in [-0.25, -0.2) is 13.8 Å². The van der Waals surface area contributed by atoms with Crippen molar-refractivity contribution in [3.63, 3.8) is 0 Å². The van der Waals surface area contributed by atoms with Crippen LogP contribution in [0, 0.1) is 17.6 Å². The predicted molar refractivity (Wildman–Crippen MR) is 104 cm³/mol. The van der Waals surface area contributed by atoms with E-state index >= 15 is 0 Å². The van der Waals surface area contributed by atoms with Crippen molar-refractivity contribution in [3.05, 3.63) is 71.8 Å². The summed E-state index contributed by atoms with van der Waals surface area (Å²) in [5.41, 5.74) is 4.59. The minimum absolute atomic E-state index is 0.799. The van der Waals surface area contributed by atoms with Crippen molar-refractivity contribution in [2.24, 2.45) is 5.92 Å². The van der Waals surface area contributed by atoms with Crippen LogP contribution in [0.5, 0.6) is 0 Å². The van der Waals surface area contributed by atoms with Crippen LogP contribution in [-0.4, -0.2) is 9.38 Å². The van der Waals surface area contributed by atoms with Gasteiger partial charge in [0.25, 0.3) is 0 Å². The van der Waals surface area contributed by atoms with Crippen LogP contribution in [0.15, 0.2) is 49.1 Å². The first kappa shape index (κ1) is 18.1. The van der Waals surface area contributed by atoms with E-state index in [-0.39, 0.29) is 0 Å². The maximum absolute atomic E-state index is 11.9. The molecular weight excluding hydrogens is 342 g/mol. The molecule has 2 aliphatic carbocycles. The highest BCUT2D eigenvalue weighted by molar-refractivity contribution is 5.58. The summed E-state index contributed by atoms with van der Waals surface area (Å²) in [6.07, 6.45) is 17.4. The molecule has 0 N–H and O–H groups in total. The minimum atomic E-state index is -0.799. The van der Waals surface area contributed by atoms with E-state index in [0.29, 0.717) is 0 Å². The van der Waals surface area contributed by atoms with Gasteiger partial charge < -0.3 is 4.40 Å². The summed E-state index contributed by atoms with van der Waals surface area (Å²) >= 11 is 0. The van der Waals surface area contributed by atoms with Gasteiger partial charge in [0.1, 0.15) is 0 Å². The number of hydrogen-bond acceptors (Lipinski definition) is 1. The van der Waals surface area contributed by atoms with Crippen molar-refractivity contribution in [3.8, 4) is 0 Å². The quantitative estimate of drug-likeness (QED) is 0.530. The lowest BCUT2D eigenvalue weighted by Crippen LogP contribution is -2.11. The van der Waals surface area contributed by atoms with E-state index in [1.807, 2.05) is 6.33 Å². The molecule has 2 fully saturated rings. The van der Waals surface area contributed by atoms with Gasteiger partial charge in [-0.05, 0) is 60.4 Å². The standard InChI is InChI=1S/C17H22N2.C6H4F2/c1-2-4-13(5-3-1)10-16-15(14-6-7-14)8-9-19-12-18-11-17(16)19;7-5-3-1-2-4-6(5)8/h8-9,11-14H,1-7,10H2;1-4H. The Morgan fingerprint density at radius 3 is 2.26 bits per heavy atom. The molecule has 0 bridgehead atoms. The third-order valence-electron chi connectivity index (χ3n) is 5.80. The van der Waals surface area contributed by atoms with Crippen molar-refractivity contribution >= 4 is 5.52 Å². The number of rotatable bonds is 3. The zero-order valence-corrected chi connectivity index (χ0v) is 15.6. The molecule has 27 heavy (non-hydrogen) atoms. The average Bonchev–Trinajstić information content (AvgIpc) is 3.42. The molecule has 0 amide bonds. The Balaban J connectivity index is 0.000000190. The largest absolute Gasteiger partial charge is 0.306 e. The van der Waals surface area contributed by atoms with Crippen molar-refractivity contribution < 1.29 is 8.78 Å². The molecule has 2 aromatic heterocycles. The highest BCUT2D eigenvalue weighted by Crippen LogP contribution is 2.43. The summed E-state index contributed by atoms with van der Waals surface area (Å²) < 4.78 is 26.1. The third-order valence-corrected chi connectivity index (χ3v) is 5.80. The summed E-state index contributed by atoms with van der Waals surface area (Å²) in [4.78, 5) is 4.34. The monoisotopic (exact) mass is 368 g/mol. The fraction of sp³-hybridized carbons (Fsp3) is 0.435. The molecule has 0 saturated heterocycles. The lowest BCUT2D eigenvalue weighted by atomic mass is 9.83. The van der Waals surface area contributed by atoms with Crippen molar-refractivity contribution in [1.29, 1.82) is 0 Å². The molecule has 1 aromatic carbocycles. The molecule has 0 unspecified atom stereocenters. The van der Waals surface area contributed by atoms with E-state index in [1.54, 1.807) is 11.1 Å². The van der Waals surface area contributed by atoms with E-state index in [4.69, 9.17) is 0 Å². The molecule has 0 aliphatic heterocycles. The maximum Gasteiger partial charge on any atom is 0.158 e. The van der Waals surface area contributed by atoms with Crippen LogP contribution in [0.1, 0.15) is 62.0 Å². The van der Waals surface area contributed by atoms with Crippen LogP contribution >= 0.6 is 0 Å². The van der Waals surface area contributed by atoms with Crippen molar-refractivity contribution in [1.82, 2.24) is 9.38 Å². The molecule has 2 heterocycles. The normalized spacial score (nSPS) is 17.6. The molecule has 0 radical (unpaired) electrons. The van der Waals surface area contributed by atoms with E-state index in [1.165, 1.54) is 69.0 Å². The average molecular weight is 368 g/mol. The Kier molecular flexibility index (Phi) is 5.51. The zero-order valence-electron chi connectivity index (χ0n) is 15.6. The van der Waals surface area contributed by atoms with Gasteiger partial charge in [-0.3, -0.25) is 0 Å². The van der Waals surface area contributed by atoms with Gasteiger partial charge in [-0.2, -0.15) is 0 Å². The Morgan fingerprint density at radius 2 is 1.63 bits per heavy atom. The maximum atomic E-state index is 11.9. The van der Waals surface area contributed by atoms with Crippen LogP contribution in [0.3, 0.4) is 0 Å². The topological polar surface area (TPSA) is 17.3 Å². The first-order valence-corrected chi connectivity index (χ1v) is 10.1. The fourth-order valence-electron chi connectivity index (χ4n) is 4.18. The van der Waals surface area contributed by atoms with Crippen LogP contribution in [-0.2, 0) is 6.42 Å². The number of imidazole rings is 1. The van der Waals surface area contributed by atoms with Gasteiger partial charge in [-0.15, -0.1) is 0 Å². The molecule has 2 nitrogen and oxygen atoms in total. The summed E-state index contributed by atoms with van der Waals surface area (Å²) in [5, 5.41) is 0.